The lowest BCUT2D eigenvalue weighted by Gasteiger charge is -2.32. The molecule has 2 aromatic carbocycles. The highest BCUT2D eigenvalue weighted by Crippen LogP contribution is 2.45. The number of rotatable bonds is 17. The molecule has 0 amide bonds. The van der Waals surface area contributed by atoms with Crippen LogP contribution in [0.25, 0.3) is 5.57 Å². The summed E-state index contributed by atoms with van der Waals surface area (Å²) in [4.78, 5) is 48.0. The quantitative estimate of drug-likeness (QED) is 0.0917. The summed E-state index contributed by atoms with van der Waals surface area (Å²) in [5.41, 5.74) is 17.7. The van der Waals surface area contributed by atoms with Crippen molar-refractivity contribution in [3.8, 4) is 0 Å². The first kappa shape index (κ1) is 45.3. The Morgan fingerprint density at radius 2 is 1.20 bits per heavy atom. The van der Waals surface area contributed by atoms with Gasteiger partial charge in [-0.2, -0.15) is 0 Å². The van der Waals surface area contributed by atoms with Crippen LogP contribution in [-0.2, 0) is 9.59 Å². The molecule has 0 atom stereocenters. The second-order valence-electron chi connectivity index (χ2n) is 17.3. The van der Waals surface area contributed by atoms with E-state index in [9.17, 15) is 19.8 Å². The van der Waals surface area contributed by atoms with Gasteiger partial charge in [-0.15, -0.1) is 0 Å². The van der Waals surface area contributed by atoms with Crippen LogP contribution in [-0.4, -0.2) is 71.5 Å². The van der Waals surface area contributed by atoms with Crippen molar-refractivity contribution in [3.05, 3.63) is 183 Å². The molecule has 6 heterocycles. The zero-order valence-corrected chi connectivity index (χ0v) is 38.6. The summed E-state index contributed by atoms with van der Waals surface area (Å²) >= 11 is 0. The van der Waals surface area contributed by atoms with Crippen molar-refractivity contribution in [1.29, 1.82) is 0 Å². The number of benzene rings is 2. The summed E-state index contributed by atoms with van der Waals surface area (Å²) in [7, 11) is 2.05. The van der Waals surface area contributed by atoms with E-state index in [1.54, 1.807) is 6.08 Å². The van der Waals surface area contributed by atoms with E-state index in [4.69, 9.17) is 20.0 Å². The Kier molecular flexibility index (Phi) is 13.4. The number of Topliss-reactive ketones (excluding diaryl/α,β-unsaturated/α-hetero) is 1. The highest BCUT2D eigenvalue weighted by molar-refractivity contribution is 6.21. The lowest BCUT2D eigenvalue weighted by Crippen LogP contribution is -2.85. The SMILES string of the molecule is C=CC1=C(C)C2=CC3=NC(=CC4=NC(=CC5=NC(=CC1=N2)C(C)=C5C=C)C(C)=C4CCC(=O)O)C(CC(=O)C[NH2+]CCCCCCNC(O)=C1c2ccccc2N(C)c2ccccc21)=C3C. The van der Waals surface area contributed by atoms with Crippen molar-refractivity contribution in [2.45, 2.75) is 72.6 Å². The molecule has 11 nitrogen and oxygen atoms in total. The van der Waals surface area contributed by atoms with Crippen molar-refractivity contribution in [2.24, 2.45) is 20.0 Å². The molecule has 0 aliphatic carbocycles. The zero-order chi connectivity index (χ0) is 46.6. The number of aliphatic imine (C=N–C) groups is 4. The topological polar surface area (TPSA) is 156 Å². The van der Waals surface area contributed by atoms with E-state index >= 15 is 0 Å². The fraction of sp³-hybridized carbons (Fsp3) is 0.273. The molecule has 8 bridgehead atoms. The van der Waals surface area contributed by atoms with Gasteiger partial charge in [0.2, 0.25) is 0 Å². The fourth-order valence-electron chi connectivity index (χ4n) is 9.37. The van der Waals surface area contributed by atoms with Gasteiger partial charge in [0, 0.05) is 60.1 Å². The van der Waals surface area contributed by atoms with E-state index in [2.05, 4.69) is 60.0 Å². The van der Waals surface area contributed by atoms with Crippen LogP contribution < -0.4 is 15.5 Å². The lowest BCUT2D eigenvalue weighted by atomic mass is 9.90. The van der Waals surface area contributed by atoms with Crippen molar-refractivity contribution in [3.63, 3.8) is 0 Å². The molecule has 0 saturated heterocycles. The predicted molar refractivity (Wildman–Crippen MR) is 267 cm³/mol. The monoisotopic (exact) mass is 880 g/mol. The smallest absolute Gasteiger partial charge is 0.303 e. The van der Waals surface area contributed by atoms with Gasteiger partial charge in [0.1, 0.15) is 6.54 Å². The molecule has 0 radical (unpaired) electrons. The number of unbranched alkanes of at least 4 members (excludes halogenated alkanes) is 3. The summed E-state index contributed by atoms with van der Waals surface area (Å²) in [6, 6.07) is 16.3. The Hall–Kier alpha value is -7.24. The summed E-state index contributed by atoms with van der Waals surface area (Å²) in [6.07, 6.45) is 15.7. The highest BCUT2D eigenvalue weighted by Gasteiger charge is 2.30. The Labute approximate surface area is 387 Å². The van der Waals surface area contributed by atoms with E-state index < -0.39 is 5.97 Å². The molecule has 336 valence electrons. The van der Waals surface area contributed by atoms with E-state index in [1.807, 2.05) is 82.3 Å². The van der Waals surface area contributed by atoms with Crippen LogP contribution in [0.1, 0.15) is 83.8 Å². The van der Waals surface area contributed by atoms with Crippen LogP contribution >= 0.6 is 0 Å². The van der Waals surface area contributed by atoms with Crippen molar-refractivity contribution < 1.29 is 25.1 Å². The maximum absolute atomic E-state index is 13.7. The van der Waals surface area contributed by atoms with Crippen LogP contribution in [0.15, 0.2) is 191 Å². The van der Waals surface area contributed by atoms with Gasteiger partial charge in [-0.25, -0.2) is 20.0 Å². The third kappa shape index (κ3) is 9.03. The Balaban J connectivity index is 0.940. The molecule has 2 aromatic rings. The highest BCUT2D eigenvalue weighted by atomic mass is 16.4. The van der Waals surface area contributed by atoms with Crippen LogP contribution in [0.2, 0.25) is 0 Å². The second-order valence-corrected chi connectivity index (χ2v) is 17.3. The first-order chi connectivity index (χ1) is 31.9. The van der Waals surface area contributed by atoms with Crippen molar-refractivity contribution >= 4 is 51.5 Å². The molecular formula is C55H58N7O4+. The first-order valence-electron chi connectivity index (χ1n) is 22.8. The Bertz CT molecular complexity index is 2850. The number of carboxylic acids is 1. The molecule has 6 aliphatic heterocycles. The van der Waals surface area contributed by atoms with Crippen LogP contribution in [0.5, 0.6) is 0 Å². The molecule has 5 N–H and O–H groups in total. The first-order valence-corrected chi connectivity index (χ1v) is 22.8. The number of aliphatic hydroxyl groups is 1. The van der Waals surface area contributed by atoms with E-state index in [1.165, 1.54) is 0 Å². The van der Waals surface area contributed by atoms with Crippen LogP contribution in [0.4, 0.5) is 11.4 Å². The van der Waals surface area contributed by atoms with E-state index in [-0.39, 0.29) is 24.5 Å². The maximum Gasteiger partial charge on any atom is 0.303 e. The normalized spacial score (nSPS) is 17.4. The number of anilines is 2. The van der Waals surface area contributed by atoms with Gasteiger partial charge < -0.3 is 25.7 Å². The van der Waals surface area contributed by atoms with E-state index in [0.29, 0.717) is 48.0 Å². The van der Waals surface area contributed by atoms with Crippen LogP contribution in [0, 0.1) is 0 Å². The fourth-order valence-corrected chi connectivity index (χ4v) is 9.37. The summed E-state index contributed by atoms with van der Waals surface area (Å²) in [6.45, 7) is 18.0. The largest absolute Gasteiger partial charge is 0.494 e. The molecule has 8 rings (SSSR count). The van der Waals surface area contributed by atoms with Gasteiger partial charge in [0.15, 0.2) is 11.7 Å². The number of quaternary nitrogens is 1. The third-order valence-electron chi connectivity index (χ3n) is 13.2. The number of hydrogen-bond donors (Lipinski definition) is 4. The third-order valence-corrected chi connectivity index (χ3v) is 13.2. The standard InChI is InChI=1S/C55H57N7O4/c1-8-37-32(3)43-27-44-35(6)42(50(61-44)30-49-39(22-23-53(64)65)34(5)46(60-49)29-48-38(9-2)33(4)45(59-48)28-47(37)58-43)26-36(63)31-56-24-16-10-11-17-25-57-55(66)54-40-18-12-14-20-51(40)62(7)52-21-15-13-19-41(52)54/h8-9,12-15,18-21,27-30,56-57,66H,1-2,10-11,16-17,22-26,31H2,3-7H3,(H,64,65)/p+1. The molecule has 66 heavy (non-hydrogen) atoms. The van der Waals surface area contributed by atoms with Crippen molar-refractivity contribution in [1.82, 2.24) is 5.32 Å². The number of allylic oxidation sites excluding steroid dienone is 14. The number of carbonyl (C=O) groups is 2. The number of nitrogens with two attached hydrogens (primary N) is 1. The number of aliphatic hydroxyl groups excluding tert-OH is 1. The second kappa shape index (κ2) is 19.5. The minimum Gasteiger partial charge on any atom is -0.494 e. The lowest BCUT2D eigenvalue weighted by molar-refractivity contribution is -0.644. The van der Waals surface area contributed by atoms with Gasteiger partial charge >= 0.3 is 5.97 Å². The number of hydrogen-bond acceptors (Lipinski definition) is 9. The Morgan fingerprint density at radius 1 is 0.667 bits per heavy atom. The van der Waals surface area contributed by atoms with Crippen molar-refractivity contribution in [2.75, 3.05) is 31.6 Å². The molecule has 0 unspecified atom stereocenters. The molecule has 6 aliphatic rings. The number of para-hydroxylation sites is 2. The predicted octanol–water partition coefficient (Wildman–Crippen LogP) is 9.59. The molecule has 0 spiro atoms. The summed E-state index contributed by atoms with van der Waals surface area (Å²) < 4.78 is 0. The number of nitrogens with one attached hydrogen (secondary N) is 1. The maximum atomic E-state index is 13.7. The number of carbonyl (C=O) groups excluding carboxylic acids is 1. The van der Waals surface area contributed by atoms with Gasteiger partial charge in [0.25, 0.3) is 0 Å². The molecule has 0 saturated carbocycles. The summed E-state index contributed by atoms with van der Waals surface area (Å²) in [5.74, 6) is -0.608. The van der Waals surface area contributed by atoms with Gasteiger partial charge in [-0.05, 0) is 123 Å². The molecule has 0 aromatic heterocycles. The molecular weight excluding hydrogens is 823 g/mol. The Morgan fingerprint density at radius 3 is 1.80 bits per heavy atom. The minimum absolute atomic E-state index is 0.0529. The number of carboxylic acid groups (broad SMARTS) is 1. The number of nitrogens with zero attached hydrogens (tertiary/aromatic N) is 5. The minimum atomic E-state index is -0.891. The average molecular weight is 881 g/mol. The zero-order valence-electron chi connectivity index (χ0n) is 38.6. The van der Waals surface area contributed by atoms with Gasteiger partial charge in [-0.1, -0.05) is 68.1 Å². The van der Waals surface area contributed by atoms with E-state index in [0.717, 1.165) is 122 Å². The molecule has 0 fully saturated rings. The number of ketones is 1. The van der Waals surface area contributed by atoms with Crippen LogP contribution in [0.3, 0.4) is 0 Å². The number of aliphatic carboxylic acids is 1. The summed E-state index contributed by atoms with van der Waals surface area (Å²) in [5, 5.41) is 26.3. The van der Waals surface area contributed by atoms with Gasteiger partial charge in [0.05, 0.1) is 57.8 Å². The molecule has 11 heteroatoms. The average Bonchev–Trinajstić information content (AvgIpc) is 3.97. The van der Waals surface area contributed by atoms with Gasteiger partial charge in [-0.3, -0.25) is 9.59 Å². The number of fused-ring (bicyclic) bond motifs is 6.